The highest BCUT2D eigenvalue weighted by atomic mass is 79.9. The number of anilines is 1. The van der Waals surface area contributed by atoms with Gasteiger partial charge in [-0.2, -0.15) is 0 Å². The molecule has 5 heteroatoms. The Labute approximate surface area is 128 Å². The molecule has 0 amide bonds. The normalized spacial score (nSPS) is 10.7. The topological polar surface area (TPSA) is 16.1 Å². The molecule has 2 rings (SSSR count). The Hall–Kier alpha value is -0.390. The molecule has 0 N–H and O–H groups in total. The SMILES string of the molecule is Cc1cc(CBr)cnc1N(C)Cc1csc(Br)c1. The van der Waals surface area contributed by atoms with Gasteiger partial charge < -0.3 is 4.90 Å². The first-order valence-corrected chi connectivity index (χ1v) is 8.35. The van der Waals surface area contributed by atoms with Crippen LogP contribution in [0.3, 0.4) is 0 Å². The zero-order valence-electron chi connectivity index (χ0n) is 10.3. The molecule has 2 aromatic rings. The van der Waals surface area contributed by atoms with Crippen LogP contribution in [0.2, 0.25) is 0 Å². The summed E-state index contributed by atoms with van der Waals surface area (Å²) in [6.45, 7) is 2.98. The first-order valence-electron chi connectivity index (χ1n) is 5.55. The maximum absolute atomic E-state index is 4.54. The van der Waals surface area contributed by atoms with Crippen LogP contribution in [0.15, 0.2) is 27.5 Å². The molecule has 0 atom stereocenters. The molecule has 0 unspecified atom stereocenters. The van der Waals surface area contributed by atoms with Gasteiger partial charge in [0, 0.05) is 25.1 Å². The zero-order chi connectivity index (χ0) is 13.1. The van der Waals surface area contributed by atoms with Gasteiger partial charge in [-0.25, -0.2) is 4.98 Å². The summed E-state index contributed by atoms with van der Waals surface area (Å²) >= 11 is 8.66. The van der Waals surface area contributed by atoms with E-state index in [0.717, 1.165) is 17.7 Å². The first kappa shape index (κ1) is 14.0. The van der Waals surface area contributed by atoms with Crippen molar-refractivity contribution in [3.8, 4) is 0 Å². The summed E-state index contributed by atoms with van der Waals surface area (Å²) in [5, 5.41) is 3.02. The number of halogens is 2. The van der Waals surface area contributed by atoms with Crippen molar-refractivity contribution in [1.82, 2.24) is 4.98 Å². The second-order valence-corrected chi connectivity index (χ2v) is 7.08. The van der Waals surface area contributed by atoms with Gasteiger partial charge in [-0.05, 0) is 51.0 Å². The number of thiophene rings is 1. The second kappa shape index (κ2) is 6.17. The van der Waals surface area contributed by atoms with Crippen molar-refractivity contribution in [3.63, 3.8) is 0 Å². The summed E-state index contributed by atoms with van der Waals surface area (Å²) in [4.78, 5) is 6.72. The summed E-state index contributed by atoms with van der Waals surface area (Å²) in [5.74, 6) is 1.04. The zero-order valence-corrected chi connectivity index (χ0v) is 14.3. The molecular formula is C13H14Br2N2S. The van der Waals surface area contributed by atoms with Crippen molar-refractivity contribution in [2.45, 2.75) is 18.8 Å². The average Bonchev–Trinajstić information content (AvgIpc) is 2.74. The van der Waals surface area contributed by atoms with E-state index in [1.165, 1.54) is 20.5 Å². The smallest absolute Gasteiger partial charge is 0.131 e. The van der Waals surface area contributed by atoms with Crippen molar-refractivity contribution >= 4 is 49.0 Å². The van der Waals surface area contributed by atoms with E-state index in [1.807, 2.05) is 6.20 Å². The van der Waals surface area contributed by atoms with Crippen LogP contribution in [0, 0.1) is 6.92 Å². The number of aromatic nitrogens is 1. The number of aryl methyl sites for hydroxylation is 1. The van der Waals surface area contributed by atoms with E-state index in [4.69, 9.17) is 0 Å². The molecule has 0 aliphatic rings. The molecule has 0 fully saturated rings. The lowest BCUT2D eigenvalue weighted by Crippen LogP contribution is -2.18. The molecule has 0 saturated heterocycles. The van der Waals surface area contributed by atoms with E-state index in [-0.39, 0.29) is 0 Å². The number of nitrogens with zero attached hydrogens (tertiary/aromatic N) is 2. The van der Waals surface area contributed by atoms with E-state index >= 15 is 0 Å². The van der Waals surface area contributed by atoms with E-state index in [1.54, 1.807) is 11.3 Å². The maximum Gasteiger partial charge on any atom is 0.131 e. The van der Waals surface area contributed by atoms with Crippen molar-refractivity contribution in [3.05, 3.63) is 44.2 Å². The van der Waals surface area contributed by atoms with Crippen LogP contribution in [-0.4, -0.2) is 12.0 Å². The standard InChI is InChI=1S/C13H14Br2N2S/c1-9-3-10(5-14)6-16-13(9)17(2)7-11-4-12(15)18-8-11/h3-4,6,8H,5,7H2,1-2H3. The van der Waals surface area contributed by atoms with Crippen molar-refractivity contribution < 1.29 is 0 Å². The number of rotatable bonds is 4. The highest BCUT2D eigenvalue weighted by molar-refractivity contribution is 9.11. The molecule has 2 heterocycles. The Morgan fingerprint density at radius 2 is 2.11 bits per heavy atom. The Bertz CT molecular complexity index is 540. The number of pyridine rings is 1. The van der Waals surface area contributed by atoms with Gasteiger partial charge in [0.25, 0.3) is 0 Å². The number of hydrogen-bond acceptors (Lipinski definition) is 3. The molecule has 96 valence electrons. The molecule has 0 aliphatic heterocycles. The van der Waals surface area contributed by atoms with Crippen LogP contribution < -0.4 is 4.90 Å². The van der Waals surface area contributed by atoms with Gasteiger partial charge in [0.15, 0.2) is 0 Å². The Balaban J connectivity index is 2.15. The molecule has 0 bridgehead atoms. The van der Waals surface area contributed by atoms with Crippen LogP contribution in [0.1, 0.15) is 16.7 Å². The van der Waals surface area contributed by atoms with Gasteiger partial charge in [0.1, 0.15) is 5.82 Å². The van der Waals surface area contributed by atoms with Crippen molar-refractivity contribution in [1.29, 1.82) is 0 Å². The molecular weight excluding hydrogens is 376 g/mol. The summed E-state index contributed by atoms with van der Waals surface area (Å²) in [6, 6.07) is 4.33. The van der Waals surface area contributed by atoms with Crippen LogP contribution in [-0.2, 0) is 11.9 Å². The summed E-state index contributed by atoms with van der Waals surface area (Å²) in [7, 11) is 2.08. The fraction of sp³-hybridized carbons (Fsp3) is 0.308. The van der Waals surface area contributed by atoms with Crippen LogP contribution in [0.5, 0.6) is 0 Å². The fourth-order valence-corrected chi connectivity index (χ4v) is 3.38. The number of hydrogen-bond donors (Lipinski definition) is 0. The predicted octanol–water partition coefficient (Wildman–Crippen LogP) is 4.75. The highest BCUT2D eigenvalue weighted by Crippen LogP contribution is 2.24. The minimum absolute atomic E-state index is 0.850. The largest absolute Gasteiger partial charge is 0.355 e. The van der Waals surface area contributed by atoms with Gasteiger partial charge in [-0.1, -0.05) is 22.0 Å². The first-order chi connectivity index (χ1) is 8.60. The third-order valence-corrected chi connectivity index (χ3v) is 4.87. The summed E-state index contributed by atoms with van der Waals surface area (Å²) in [6.07, 6.45) is 1.93. The van der Waals surface area contributed by atoms with Crippen molar-refractivity contribution in [2.24, 2.45) is 0 Å². The van der Waals surface area contributed by atoms with Crippen LogP contribution >= 0.6 is 43.2 Å². The predicted molar refractivity (Wildman–Crippen MR) is 85.7 cm³/mol. The second-order valence-electron chi connectivity index (χ2n) is 4.23. The van der Waals surface area contributed by atoms with Gasteiger partial charge in [0.05, 0.1) is 3.79 Å². The molecule has 0 spiro atoms. The molecule has 2 aromatic heterocycles. The lowest BCUT2D eigenvalue weighted by molar-refractivity contribution is 0.892. The quantitative estimate of drug-likeness (QED) is 0.701. The molecule has 18 heavy (non-hydrogen) atoms. The van der Waals surface area contributed by atoms with Crippen molar-refractivity contribution in [2.75, 3.05) is 11.9 Å². The van der Waals surface area contributed by atoms with E-state index in [9.17, 15) is 0 Å². The van der Waals surface area contributed by atoms with Gasteiger partial charge in [-0.15, -0.1) is 11.3 Å². The molecule has 0 aliphatic carbocycles. The molecule has 2 nitrogen and oxygen atoms in total. The van der Waals surface area contributed by atoms with E-state index < -0.39 is 0 Å². The third kappa shape index (κ3) is 3.33. The van der Waals surface area contributed by atoms with Gasteiger partial charge in [0.2, 0.25) is 0 Å². The summed E-state index contributed by atoms with van der Waals surface area (Å²) in [5.41, 5.74) is 3.73. The average molecular weight is 390 g/mol. The molecule has 0 radical (unpaired) electrons. The number of alkyl halides is 1. The van der Waals surface area contributed by atoms with E-state index in [2.05, 4.69) is 73.2 Å². The molecule has 0 saturated carbocycles. The van der Waals surface area contributed by atoms with Crippen LogP contribution in [0.25, 0.3) is 0 Å². The van der Waals surface area contributed by atoms with Gasteiger partial charge >= 0.3 is 0 Å². The monoisotopic (exact) mass is 388 g/mol. The lowest BCUT2D eigenvalue weighted by Gasteiger charge is -2.19. The highest BCUT2D eigenvalue weighted by Gasteiger charge is 2.08. The van der Waals surface area contributed by atoms with Gasteiger partial charge in [-0.3, -0.25) is 0 Å². The fourth-order valence-electron chi connectivity index (χ4n) is 1.88. The minimum atomic E-state index is 0.850. The molecule has 0 aromatic carbocycles. The Morgan fingerprint density at radius 3 is 2.67 bits per heavy atom. The Kier molecular flexibility index (Phi) is 4.81. The third-order valence-electron chi connectivity index (χ3n) is 2.66. The summed E-state index contributed by atoms with van der Waals surface area (Å²) < 4.78 is 1.17. The Morgan fingerprint density at radius 1 is 1.33 bits per heavy atom. The van der Waals surface area contributed by atoms with E-state index in [0.29, 0.717) is 0 Å². The minimum Gasteiger partial charge on any atom is -0.355 e. The lowest BCUT2D eigenvalue weighted by atomic mass is 10.2. The van der Waals surface area contributed by atoms with Crippen LogP contribution in [0.4, 0.5) is 5.82 Å². The maximum atomic E-state index is 4.54.